The fourth-order valence-corrected chi connectivity index (χ4v) is 1.88. The second-order valence-electron chi connectivity index (χ2n) is 5.66. The molecule has 2 unspecified atom stereocenters. The van der Waals surface area contributed by atoms with E-state index in [0.29, 0.717) is 6.42 Å². The van der Waals surface area contributed by atoms with Gasteiger partial charge in [0.15, 0.2) is 0 Å². The zero-order chi connectivity index (χ0) is 13.2. The van der Waals surface area contributed by atoms with E-state index in [1.54, 1.807) is 20.8 Å². The second kappa shape index (κ2) is 5.04. The van der Waals surface area contributed by atoms with Crippen LogP contribution >= 0.6 is 0 Å². The van der Waals surface area contributed by atoms with Gasteiger partial charge in [0.2, 0.25) is 5.91 Å². The topological polar surface area (TPSA) is 75.6 Å². The number of aliphatic carboxylic acids is 1. The van der Waals surface area contributed by atoms with Crippen molar-refractivity contribution in [3.8, 4) is 0 Å². The number of carboxylic acids is 1. The lowest BCUT2D eigenvalue weighted by atomic mass is 9.86. The molecule has 1 fully saturated rings. The van der Waals surface area contributed by atoms with Crippen molar-refractivity contribution in [2.24, 2.45) is 5.41 Å². The normalized spacial score (nSPS) is 26.6. The molecular weight excluding hydrogens is 222 g/mol. The lowest BCUT2D eigenvalue weighted by Gasteiger charge is -2.28. The minimum Gasteiger partial charge on any atom is -0.480 e. The van der Waals surface area contributed by atoms with Crippen molar-refractivity contribution in [2.75, 3.05) is 0 Å². The molecule has 0 bridgehead atoms. The largest absolute Gasteiger partial charge is 0.480 e. The van der Waals surface area contributed by atoms with Crippen molar-refractivity contribution >= 4 is 11.9 Å². The molecule has 1 aliphatic rings. The first kappa shape index (κ1) is 14.0. The van der Waals surface area contributed by atoms with E-state index in [9.17, 15) is 9.59 Å². The summed E-state index contributed by atoms with van der Waals surface area (Å²) in [5.41, 5.74) is -0.522. The van der Waals surface area contributed by atoms with Crippen LogP contribution in [0.4, 0.5) is 0 Å². The molecule has 1 aliphatic heterocycles. The molecule has 1 saturated heterocycles. The zero-order valence-corrected chi connectivity index (χ0v) is 10.8. The van der Waals surface area contributed by atoms with E-state index in [1.165, 1.54) is 0 Å². The monoisotopic (exact) mass is 243 g/mol. The molecule has 0 spiro atoms. The van der Waals surface area contributed by atoms with E-state index in [2.05, 4.69) is 5.32 Å². The maximum absolute atomic E-state index is 11.9. The maximum atomic E-state index is 11.9. The van der Waals surface area contributed by atoms with E-state index in [1.807, 2.05) is 6.92 Å². The first-order valence-electron chi connectivity index (χ1n) is 5.90. The summed E-state index contributed by atoms with van der Waals surface area (Å²) in [7, 11) is 0. The van der Waals surface area contributed by atoms with E-state index in [0.717, 1.165) is 6.42 Å². The van der Waals surface area contributed by atoms with Crippen LogP contribution < -0.4 is 5.32 Å². The second-order valence-corrected chi connectivity index (χ2v) is 5.66. The van der Waals surface area contributed by atoms with E-state index in [4.69, 9.17) is 9.84 Å². The number of ether oxygens (including phenoxy) is 1. The molecule has 1 rings (SSSR count). The van der Waals surface area contributed by atoms with E-state index in [-0.39, 0.29) is 12.0 Å². The van der Waals surface area contributed by atoms with E-state index < -0.39 is 23.5 Å². The number of hydrogen-bond acceptors (Lipinski definition) is 3. The van der Waals surface area contributed by atoms with Crippen LogP contribution in [0.5, 0.6) is 0 Å². The van der Waals surface area contributed by atoms with Gasteiger partial charge in [-0.15, -0.1) is 0 Å². The zero-order valence-electron chi connectivity index (χ0n) is 10.8. The average molecular weight is 243 g/mol. The van der Waals surface area contributed by atoms with Gasteiger partial charge in [0.05, 0.1) is 6.10 Å². The Bertz CT molecular complexity index is 308. The number of carboxylic acid groups (broad SMARTS) is 1. The number of carbonyl (C=O) groups excluding carboxylic acids is 1. The van der Waals surface area contributed by atoms with Crippen LogP contribution in [-0.2, 0) is 14.3 Å². The van der Waals surface area contributed by atoms with Gasteiger partial charge in [-0.05, 0) is 25.2 Å². The Morgan fingerprint density at radius 1 is 1.35 bits per heavy atom. The summed E-state index contributed by atoms with van der Waals surface area (Å²) >= 11 is 0. The number of rotatable bonds is 3. The highest BCUT2D eigenvalue weighted by molar-refractivity contribution is 5.86. The van der Waals surface area contributed by atoms with Crippen LogP contribution in [0.25, 0.3) is 0 Å². The summed E-state index contributed by atoms with van der Waals surface area (Å²) < 4.78 is 5.41. The molecule has 0 aromatic carbocycles. The van der Waals surface area contributed by atoms with Gasteiger partial charge in [0, 0.05) is 0 Å². The molecule has 98 valence electrons. The van der Waals surface area contributed by atoms with Gasteiger partial charge in [0.25, 0.3) is 0 Å². The third-order valence-electron chi connectivity index (χ3n) is 2.92. The predicted octanol–water partition coefficient (Wildman–Crippen LogP) is 1.17. The highest BCUT2D eigenvalue weighted by Gasteiger charge is 2.36. The van der Waals surface area contributed by atoms with Crippen molar-refractivity contribution < 1.29 is 19.4 Å². The fourth-order valence-electron chi connectivity index (χ4n) is 1.88. The molecule has 3 atom stereocenters. The molecule has 2 N–H and O–H groups in total. The van der Waals surface area contributed by atoms with Crippen molar-refractivity contribution in [1.29, 1.82) is 0 Å². The van der Waals surface area contributed by atoms with Crippen molar-refractivity contribution in [3.05, 3.63) is 0 Å². The van der Waals surface area contributed by atoms with Crippen LogP contribution in [0, 0.1) is 5.41 Å². The Hall–Kier alpha value is -1.10. The first-order valence-corrected chi connectivity index (χ1v) is 5.90. The molecule has 0 aliphatic carbocycles. The smallest absolute Gasteiger partial charge is 0.326 e. The third kappa shape index (κ3) is 3.70. The Labute approximate surface area is 102 Å². The van der Waals surface area contributed by atoms with Crippen LogP contribution in [0.2, 0.25) is 0 Å². The highest BCUT2D eigenvalue weighted by atomic mass is 16.5. The van der Waals surface area contributed by atoms with Gasteiger partial charge in [-0.3, -0.25) is 4.79 Å². The Kier molecular flexibility index (Phi) is 4.14. The van der Waals surface area contributed by atoms with Crippen LogP contribution in [0.15, 0.2) is 0 Å². The molecule has 0 aromatic rings. The highest BCUT2D eigenvalue weighted by Crippen LogP contribution is 2.22. The first-order chi connectivity index (χ1) is 7.71. The Morgan fingerprint density at radius 3 is 2.29 bits per heavy atom. The number of amides is 1. The van der Waals surface area contributed by atoms with E-state index >= 15 is 0 Å². The fraction of sp³-hybridized carbons (Fsp3) is 0.833. The van der Waals surface area contributed by atoms with Crippen LogP contribution in [0.3, 0.4) is 0 Å². The van der Waals surface area contributed by atoms with Gasteiger partial charge < -0.3 is 15.2 Å². The molecule has 0 radical (unpaired) electrons. The van der Waals surface area contributed by atoms with Crippen molar-refractivity contribution in [1.82, 2.24) is 5.32 Å². The van der Waals surface area contributed by atoms with Gasteiger partial charge in [0.1, 0.15) is 12.1 Å². The SMILES string of the molecule is CC1CCC(C(=O)N[C@@H](C(=O)O)C(C)(C)C)O1. The number of nitrogens with one attached hydrogen (secondary N) is 1. The maximum Gasteiger partial charge on any atom is 0.326 e. The average Bonchev–Trinajstić information content (AvgIpc) is 2.58. The van der Waals surface area contributed by atoms with Gasteiger partial charge >= 0.3 is 5.97 Å². The Balaban J connectivity index is 2.62. The predicted molar refractivity (Wildman–Crippen MR) is 62.6 cm³/mol. The molecule has 1 heterocycles. The van der Waals surface area contributed by atoms with Gasteiger partial charge in [-0.2, -0.15) is 0 Å². The van der Waals surface area contributed by atoms with Gasteiger partial charge in [-0.1, -0.05) is 20.8 Å². The minimum absolute atomic E-state index is 0.0728. The molecular formula is C12H21NO4. The van der Waals surface area contributed by atoms with Gasteiger partial charge in [-0.25, -0.2) is 4.79 Å². The Morgan fingerprint density at radius 2 is 1.94 bits per heavy atom. The van der Waals surface area contributed by atoms with Crippen LogP contribution in [0.1, 0.15) is 40.5 Å². The molecule has 5 nitrogen and oxygen atoms in total. The standard InChI is InChI=1S/C12H21NO4/c1-7-5-6-8(17-7)10(14)13-9(11(15)16)12(2,3)4/h7-9H,5-6H2,1-4H3,(H,13,14)(H,15,16)/t7?,8?,9-/m0/s1. The quantitative estimate of drug-likeness (QED) is 0.780. The molecule has 5 heteroatoms. The summed E-state index contributed by atoms with van der Waals surface area (Å²) in [4.78, 5) is 23.0. The summed E-state index contributed by atoms with van der Waals surface area (Å²) in [6.07, 6.45) is 1.06. The molecule has 0 saturated carbocycles. The summed E-state index contributed by atoms with van der Waals surface area (Å²) in [6, 6.07) is -0.894. The van der Waals surface area contributed by atoms with Crippen molar-refractivity contribution in [2.45, 2.75) is 58.8 Å². The minimum atomic E-state index is -1.02. The number of hydrogen-bond donors (Lipinski definition) is 2. The molecule has 1 amide bonds. The lowest BCUT2D eigenvalue weighted by Crippen LogP contribution is -2.51. The number of carbonyl (C=O) groups is 2. The molecule has 0 aromatic heterocycles. The summed E-state index contributed by atoms with van der Waals surface area (Å²) in [6.45, 7) is 7.25. The van der Waals surface area contributed by atoms with Crippen molar-refractivity contribution in [3.63, 3.8) is 0 Å². The molecule has 17 heavy (non-hydrogen) atoms. The lowest BCUT2D eigenvalue weighted by molar-refractivity contribution is -0.147. The third-order valence-corrected chi connectivity index (χ3v) is 2.92. The summed E-state index contributed by atoms with van der Waals surface area (Å²) in [5.74, 6) is -1.34. The van der Waals surface area contributed by atoms with Crippen LogP contribution in [-0.4, -0.2) is 35.2 Å². The summed E-state index contributed by atoms with van der Waals surface area (Å²) in [5, 5.41) is 11.7.